The maximum atomic E-state index is 13.7. The van der Waals surface area contributed by atoms with Crippen LogP contribution in [-0.4, -0.2) is 58.8 Å². The Kier molecular flexibility index (Phi) is 7.96. The lowest BCUT2D eigenvalue weighted by Crippen LogP contribution is -2.31. The maximum absolute atomic E-state index is 13.7. The topological polar surface area (TPSA) is 154 Å². The number of para-hydroxylation sites is 2. The molecule has 49 heavy (non-hydrogen) atoms. The second-order valence-corrected chi connectivity index (χ2v) is 11.5. The van der Waals surface area contributed by atoms with Crippen LogP contribution >= 0.6 is 0 Å². The molecular formula is C36H29N3O10. The van der Waals surface area contributed by atoms with Crippen molar-refractivity contribution in [3.8, 4) is 23.0 Å². The molecule has 2 aliphatic heterocycles. The Morgan fingerprint density at radius 1 is 0.857 bits per heavy atom. The lowest BCUT2D eigenvalue weighted by Gasteiger charge is -2.21. The normalized spacial score (nSPS) is 13.6. The number of carbonyl (C=O) groups is 4. The van der Waals surface area contributed by atoms with E-state index in [-0.39, 0.29) is 59.9 Å². The van der Waals surface area contributed by atoms with E-state index in [1.54, 1.807) is 31.3 Å². The number of hydrogen-bond donors (Lipinski definition) is 1. The Morgan fingerprint density at radius 2 is 1.59 bits per heavy atom. The number of hydrogen-bond acceptors (Lipinski definition) is 10. The predicted molar refractivity (Wildman–Crippen MR) is 178 cm³/mol. The molecule has 13 heteroatoms. The number of benzene rings is 4. The molecule has 3 heterocycles. The van der Waals surface area contributed by atoms with Crippen LogP contribution < -0.4 is 29.4 Å². The van der Waals surface area contributed by atoms with Crippen molar-refractivity contribution in [2.24, 2.45) is 7.05 Å². The molecule has 13 nitrogen and oxygen atoms in total. The molecule has 0 aliphatic carbocycles. The number of pyridine rings is 1. The van der Waals surface area contributed by atoms with E-state index in [2.05, 4.69) is 0 Å². The number of aryl methyl sites for hydroxylation is 1. The van der Waals surface area contributed by atoms with Crippen LogP contribution in [0.15, 0.2) is 77.6 Å². The van der Waals surface area contributed by atoms with Crippen LogP contribution in [0.25, 0.3) is 32.4 Å². The Bertz CT molecular complexity index is 2310. The third kappa shape index (κ3) is 5.59. The molecule has 0 unspecified atom stereocenters. The summed E-state index contributed by atoms with van der Waals surface area (Å²) in [6.07, 6.45) is 1.59. The Morgan fingerprint density at radius 3 is 2.35 bits per heavy atom. The highest BCUT2D eigenvalue weighted by atomic mass is 16.7. The van der Waals surface area contributed by atoms with Gasteiger partial charge in [-0.2, -0.15) is 0 Å². The number of esters is 1. The molecule has 0 atom stereocenters. The minimum Gasteiger partial charge on any atom is -0.454 e. The van der Waals surface area contributed by atoms with Crippen LogP contribution in [0.1, 0.15) is 18.4 Å². The fourth-order valence-corrected chi connectivity index (χ4v) is 6.09. The number of aliphatic hydroxyl groups excluding tert-OH is 1. The summed E-state index contributed by atoms with van der Waals surface area (Å²) in [5.41, 5.74) is 0.827. The number of imide groups is 1. The average molecular weight is 664 g/mol. The van der Waals surface area contributed by atoms with Crippen LogP contribution in [0.3, 0.4) is 0 Å². The zero-order valence-corrected chi connectivity index (χ0v) is 26.4. The van der Waals surface area contributed by atoms with E-state index < -0.39 is 30.5 Å². The van der Waals surface area contributed by atoms with E-state index in [9.17, 15) is 29.1 Å². The van der Waals surface area contributed by atoms with E-state index >= 15 is 0 Å². The first kappa shape index (κ1) is 31.4. The van der Waals surface area contributed by atoms with Gasteiger partial charge in [-0.25, -0.2) is 4.79 Å². The molecule has 1 N–H and O–H groups in total. The number of aliphatic hydroxyl groups is 1. The number of aromatic nitrogens is 1. The molecule has 0 saturated carbocycles. The molecule has 5 aromatic rings. The predicted octanol–water partition coefficient (Wildman–Crippen LogP) is 4.31. The molecule has 7 rings (SSSR count). The van der Waals surface area contributed by atoms with Crippen LogP contribution in [0.2, 0.25) is 0 Å². The summed E-state index contributed by atoms with van der Waals surface area (Å²) in [7, 11) is 3.09. The van der Waals surface area contributed by atoms with Gasteiger partial charge in [-0.3, -0.25) is 29.0 Å². The fraction of sp³-hybridized carbons (Fsp3) is 0.194. The van der Waals surface area contributed by atoms with Gasteiger partial charge < -0.3 is 28.6 Å². The molecule has 3 amide bonds. The number of fused-ring (bicyclic) bond motifs is 6. The molecule has 4 aromatic carbocycles. The van der Waals surface area contributed by atoms with Gasteiger partial charge in [0.2, 0.25) is 6.79 Å². The molecular weight excluding hydrogens is 634 g/mol. The van der Waals surface area contributed by atoms with Gasteiger partial charge in [-0.1, -0.05) is 24.3 Å². The van der Waals surface area contributed by atoms with Crippen molar-refractivity contribution in [1.29, 1.82) is 0 Å². The molecule has 0 fully saturated rings. The van der Waals surface area contributed by atoms with Crippen LogP contribution in [0, 0.1) is 0 Å². The van der Waals surface area contributed by atoms with Crippen molar-refractivity contribution in [2.75, 3.05) is 25.3 Å². The minimum atomic E-state index is -0.865. The monoisotopic (exact) mass is 663 g/mol. The Balaban J connectivity index is 1.14. The first-order chi connectivity index (χ1) is 23.6. The largest absolute Gasteiger partial charge is 0.454 e. The van der Waals surface area contributed by atoms with Gasteiger partial charge in [-0.15, -0.1) is 0 Å². The molecule has 0 saturated heterocycles. The van der Waals surface area contributed by atoms with Crippen LogP contribution in [0.4, 0.5) is 10.5 Å². The van der Waals surface area contributed by atoms with E-state index in [0.717, 1.165) is 26.0 Å². The van der Waals surface area contributed by atoms with E-state index in [4.69, 9.17) is 18.9 Å². The number of rotatable bonds is 8. The Hall–Kier alpha value is -6.21. The summed E-state index contributed by atoms with van der Waals surface area (Å²) in [4.78, 5) is 65.5. The molecule has 248 valence electrons. The molecule has 0 bridgehead atoms. The molecule has 0 spiro atoms. The first-order valence-electron chi connectivity index (χ1n) is 15.4. The zero-order chi connectivity index (χ0) is 34.4. The molecule has 1 aromatic heterocycles. The van der Waals surface area contributed by atoms with E-state index in [1.807, 2.05) is 24.3 Å². The Labute approximate surface area is 278 Å². The second kappa shape index (κ2) is 12.4. The smallest absolute Gasteiger partial charge is 0.419 e. The summed E-state index contributed by atoms with van der Waals surface area (Å²) in [5.74, 6) is -0.218. The zero-order valence-electron chi connectivity index (χ0n) is 26.4. The van der Waals surface area contributed by atoms with Gasteiger partial charge in [0.25, 0.3) is 17.4 Å². The van der Waals surface area contributed by atoms with Crippen molar-refractivity contribution in [3.63, 3.8) is 0 Å². The molecule has 2 aliphatic rings. The standard InChI is InChI=1S/C36H29N3O10/c1-37(26-6-3-4-7-27(26)48-33(43)8-5-13-39-31(41)11-12-32(39)42)36(45)49-28-17-25-24(14-21(28)18-40)22-10-9-20-15-29-30(47-19-46-29)16-23(20)34(22)38(2)35(25)44/h3-4,6-7,9-12,14-17,40H,5,8,13,18-19H2,1-2H3. The highest BCUT2D eigenvalue weighted by Gasteiger charge is 2.25. The van der Waals surface area contributed by atoms with Gasteiger partial charge in [0.1, 0.15) is 5.75 Å². The van der Waals surface area contributed by atoms with E-state index in [1.165, 1.54) is 35.9 Å². The van der Waals surface area contributed by atoms with Crippen molar-refractivity contribution in [2.45, 2.75) is 19.4 Å². The average Bonchev–Trinajstić information content (AvgIpc) is 3.70. The highest BCUT2D eigenvalue weighted by Crippen LogP contribution is 2.40. The van der Waals surface area contributed by atoms with Gasteiger partial charge in [0.15, 0.2) is 17.2 Å². The third-order valence-electron chi connectivity index (χ3n) is 8.60. The first-order valence-corrected chi connectivity index (χ1v) is 15.4. The van der Waals surface area contributed by atoms with Crippen molar-refractivity contribution >= 4 is 62.0 Å². The molecule has 0 radical (unpaired) electrons. The third-order valence-corrected chi connectivity index (χ3v) is 8.60. The number of ether oxygens (including phenoxy) is 4. The van der Waals surface area contributed by atoms with Gasteiger partial charge in [0, 0.05) is 55.5 Å². The van der Waals surface area contributed by atoms with Gasteiger partial charge in [-0.05, 0) is 53.6 Å². The fourth-order valence-electron chi connectivity index (χ4n) is 6.09. The second-order valence-electron chi connectivity index (χ2n) is 11.5. The van der Waals surface area contributed by atoms with Crippen molar-refractivity contribution < 1.29 is 43.2 Å². The van der Waals surface area contributed by atoms with Crippen molar-refractivity contribution in [3.05, 3.63) is 88.7 Å². The van der Waals surface area contributed by atoms with E-state index in [0.29, 0.717) is 22.4 Å². The van der Waals surface area contributed by atoms with Gasteiger partial charge in [0.05, 0.1) is 23.2 Å². The summed E-state index contributed by atoms with van der Waals surface area (Å²) in [5, 5.41) is 13.6. The summed E-state index contributed by atoms with van der Waals surface area (Å²) in [6, 6.07) is 16.9. The highest BCUT2D eigenvalue weighted by molar-refractivity contribution is 6.16. The van der Waals surface area contributed by atoms with Crippen molar-refractivity contribution in [1.82, 2.24) is 9.47 Å². The number of amides is 3. The van der Waals surface area contributed by atoms with Gasteiger partial charge >= 0.3 is 12.1 Å². The van der Waals surface area contributed by atoms with Crippen LogP contribution in [0.5, 0.6) is 23.0 Å². The SMILES string of the molecule is CN(C(=O)Oc1cc2c(=O)n(C)c3c4cc5c(cc4ccc3c2cc1CO)OCO5)c1ccccc1OC(=O)CCCN1C(=O)C=CC1=O. The number of nitrogens with zero attached hydrogens (tertiary/aromatic N) is 3. The summed E-state index contributed by atoms with van der Waals surface area (Å²) < 4.78 is 23.9. The minimum absolute atomic E-state index is 0.0116. The lowest BCUT2D eigenvalue weighted by molar-refractivity contribution is -0.139. The summed E-state index contributed by atoms with van der Waals surface area (Å²) in [6.45, 7) is -0.303. The maximum Gasteiger partial charge on any atom is 0.419 e. The van der Waals surface area contributed by atoms with Crippen LogP contribution in [-0.2, 0) is 28.0 Å². The lowest BCUT2D eigenvalue weighted by atomic mass is 9.99. The number of anilines is 1. The quantitative estimate of drug-likeness (QED) is 0.110. The number of carbonyl (C=O) groups excluding carboxylic acids is 4. The summed E-state index contributed by atoms with van der Waals surface area (Å²) >= 11 is 0.